The van der Waals surface area contributed by atoms with Gasteiger partial charge in [-0.15, -0.1) is 0 Å². The smallest absolute Gasteiger partial charge is 0.258 e. The van der Waals surface area contributed by atoms with Gasteiger partial charge in [-0.1, -0.05) is 6.07 Å². The van der Waals surface area contributed by atoms with Crippen LogP contribution in [0.4, 0.5) is 11.4 Å². The molecule has 0 saturated carbocycles. The van der Waals surface area contributed by atoms with Crippen LogP contribution in [0.3, 0.4) is 0 Å². The van der Waals surface area contributed by atoms with Crippen LogP contribution in [0, 0.1) is 0 Å². The predicted octanol–water partition coefficient (Wildman–Crippen LogP) is 1.49. The molecule has 1 heterocycles. The lowest BCUT2D eigenvalue weighted by atomic mass is 10.0. The number of hydrogen-bond acceptors (Lipinski definition) is 3. The maximum absolute atomic E-state index is 12.7. The second kappa shape index (κ2) is 4.26. The first kappa shape index (κ1) is 13.4. The number of fused-ring (bicyclic) bond motifs is 1. The summed E-state index contributed by atoms with van der Waals surface area (Å²) in [5.41, 5.74) is 6.88. The highest BCUT2D eigenvalue weighted by Crippen LogP contribution is 2.31. The van der Waals surface area contributed by atoms with E-state index in [0.29, 0.717) is 16.9 Å². The quantitative estimate of drug-likeness (QED) is 0.719. The molecule has 1 aromatic carbocycles. The molecule has 2 N–H and O–H groups in total. The average molecular weight is 261 g/mol. The van der Waals surface area contributed by atoms with Crippen LogP contribution in [-0.4, -0.2) is 35.8 Å². The lowest BCUT2D eigenvalue weighted by Gasteiger charge is -2.34. The molecule has 0 atom stereocenters. The maximum atomic E-state index is 12.7. The van der Waals surface area contributed by atoms with Crippen LogP contribution in [0.15, 0.2) is 18.2 Å². The summed E-state index contributed by atoms with van der Waals surface area (Å²) in [4.78, 5) is 27.9. The number of anilines is 2. The van der Waals surface area contributed by atoms with Crippen molar-refractivity contribution in [1.29, 1.82) is 0 Å². The van der Waals surface area contributed by atoms with E-state index in [2.05, 4.69) is 0 Å². The van der Waals surface area contributed by atoms with Crippen LogP contribution in [0.2, 0.25) is 0 Å². The average Bonchev–Trinajstić information content (AvgIpc) is 2.40. The molecule has 5 nitrogen and oxygen atoms in total. The minimum atomic E-state index is -0.433. The summed E-state index contributed by atoms with van der Waals surface area (Å²) in [6, 6.07) is 5.17. The molecular formula is C14H19N3O2. The third-order valence-corrected chi connectivity index (χ3v) is 3.37. The molecular weight excluding hydrogens is 242 g/mol. The van der Waals surface area contributed by atoms with Crippen LogP contribution in [-0.2, 0) is 4.79 Å². The lowest BCUT2D eigenvalue weighted by molar-refractivity contribution is -0.119. The Labute approximate surface area is 113 Å². The van der Waals surface area contributed by atoms with Gasteiger partial charge in [0, 0.05) is 18.3 Å². The van der Waals surface area contributed by atoms with Crippen molar-refractivity contribution in [2.45, 2.75) is 26.3 Å². The van der Waals surface area contributed by atoms with Gasteiger partial charge in [0.2, 0.25) is 5.91 Å². The molecule has 1 aliphatic heterocycles. The van der Waals surface area contributed by atoms with Crippen LogP contribution in [0.25, 0.3) is 0 Å². The fourth-order valence-electron chi connectivity index (χ4n) is 2.19. The van der Waals surface area contributed by atoms with Crippen molar-refractivity contribution in [3.05, 3.63) is 23.8 Å². The number of rotatable bonds is 0. The number of nitrogens with two attached hydrogens (primary N) is 1. The Kier molecular flexibility index (Phi) is 3.00. The zero-order valence-electron chi connectivity index (χ0n) is 11.7. The van der Waals surface area contributed by atoms with Gasteiger partial charge in [-0.3, -0.25) is 9.59 Å². The Morgan fingerprint density at radius 2 is 1.84 bits per heavy atom. The van der Waals surface area contributed by atoms with E-state index in [9.17, 15) is 9.59 Å². The number of carbonyl (C=O) groups excluding carboxylic acids is 2. The van der Waals surface area contributed by atoms with Crippen molar-refractivity contribution in [2.24, 2.45) is 0 Å². The number of carbonyl (C=O) groups is 2. The first-order valence-corrected chi connectivity index (χ1v) is 6.20. The zero-order valence-corrected chi connectivity index (χ0v) is 11.7. The normalized spacial score (nSPS) is 16.4. The molecule has 5 heteroatoms. The summed E-state index contributed by atoms with van der Waals surface area (Å²) in [6.45, 7) is 5.78. The van der Waals surface area contributed by atoms with E-state index in [0.717, 1.165) is 0 Å². The highest BCUT2D eigenvalue weighted by atomic mass is 16.2. The number of likely N-dealkylation sites (N-methyl/N-ethyl adjacent to an activating group) is 1. The fraction of sp³-hybridized carbons (Fsp3) is 0.429. The first-order valence-electron chi connectivity index (χ1n) is 6.20. The molecule has 1 aliphatic rings. The van der Waals surface area contributed by atoms with Crippen molar-refractivity contribution in [3.63, 3.8) is 0 Å². The third-order valence-electron chi connectivity index (χ3n) is 3.37. The Hall–Kier alpha value is -2.04. The van der Waals surface area contributed by atoms with Crippen LogP contribution < -0.4 is 10.6 Å². The summed E-state index contributed by atoms with van der Waals surface area (Å²) in [5.74, 6) is -0.314. The molecule has 0 aliphatic carbocycles. The van der Waals surface area contributed by atoms with Gasteiger partial charge in [-0.25, -0.2) is 0 Å². The van der Waals surface area contributed by atoms with Crippen molar-refractivity contribution in [1.82, 2.24) is 4.90 Å². The molecule has 0 spiro atoms. The minimum absolute atomic E-state index is 0.0625. The molecule has 102 valence electrons. The molecule has 0 fully saturated rings. The molecule has 0 aromatic heterocycles. The Morgan fingerprint density at radius 3 is 2.42 bits per heavy atom. The second-order valence-electron chi connectivity index (χ2n) is 5.76. The Bertz CT molecular complexity index is 546. The topological polar surface area (TPSA) is 66.6 Å². The Morgan fingerprint density at radius 1 is 1.21 bits per heavy atom. The van der Waals surface area contributed by atoms with E-state index in [1.54, 1.807) is 30.1 Å². The van der Waals surface area contributed by atoms with E-state index >= 15 is 0 Å². The Balaban J connectivity index is 2.65. The van der Waals surface area contributed by atoms with Gasteiger partial charge in [0.05, 0.1) is 11.3 Å². The van der Waals surface area contributed by atoms with Gasteiger partial charge in [0.15, 0.2) is 0 Å². The van der Waals surface area contributed by atoms with Gasteiger partial charge in [0.1, 0.15) is 6.54 Å². The third kappa shape index (κ3) is 2.16. The van der Waals surface area contributed by atoms with Crippen molar-refractivity contribution >= 4 is 23.2 Å². The van der Waals surface area contributed by atoms with E-state index < -0.39 is 5.54 Å². The van der Waals surface area contributed by atoms with Crippen LogP contribution >= 0.6 is 0 Å². The molecule has 2 amide bonds. The van der Waals surface area contributed by atoms with Gasteiger partial charge >= 0.3 is 0 Å². The van der Waals surface area contributed by atoms with Crippen LogP contribution in [0.1, 0.15) is 31.1 Å². The van der Waals surface area contributed by atoms with Gasteiger partial charge < -0.3 is 15.5 Å². The van der Waals surface area contributed by atoms with Crippen molar-refractivity contribution in [3.8, 4) is 0 Å². The predicted molar refractivity (Wildman–Crippen MR) is 75.1 cm³/mol. The zero-order chi connectivity index (χ0) is 14.4. The highest BCUT2D eigenvalue weighted by molar-refractivity contribution is 6.12. The van der Waals surface area contributed by atoms with Gasteiger partial charge in [-0.05, 0) is 32.9 Å². The molecule has 0 radical (unpaired) electrons. The number of amides is 2. The molecule has 0 saturated heterocycles. The summed E-state index contributed by atoms with van der Waals surface area (Å²) in [5, 5.41) is 0. The lowest BCUT2D eigenvalue weighted by Crippen LogP contribution is -2.48. The monoisotopic (exact) mass is 261 g/mol. The highest BCUT2D eigenvalue weighted by Gasteiger charge is 2.36. The summed E-state index contributed by atoms with van der Waals surface area (Å²) in [6.07, 6.45) is 0. The molecule has 0 bridgehead atoms. The largest absolute Gasteiger partial charge is 0.398 e. The molecule has 19 heavy (non-hydrogen) atoms. The van der Waals surface area contributed by atoms with E-state index in [1.807, 2.05) is 20.8 Å². The standard InChI is InChI=1S/C14H19N3O2/c1-14(2,3)17-8-11(18)16(4)10-7-5-6-9(15)12(10)13(17)19/h5-7H,8,15H2,1-4H3. The van der Waals surface area contributed by atoms with Crippen LogP contribution in [0.5, 0.6) is 0 Å². The second-order valence-corrected chi connectivity index (χ2v) is 5.76. The molecule has 2 rings (SSSR count). The SMILES string of the molecule is CN1C(=O)CN(C(C)(C)C)C(=O)c2c(N)cccc21. The summed E-state index contributed by atoms with van der Waals surface area (Å²) < 4.78 is 0. The van der Waals surface area contributed by atoms with Gasteiger partial charge in [0.25, 0.3) is 5.91 Å². The maximum Gasteiger partial charge on any atom is 0.258 e. The number of benzene rings is 1. The summed E-state index contributed by atoms with van der Waals surface area (Å²) in [7, 11) is 1.67. The number of nitrogen functional groups attached to an aromatic ring is 1. The number of hydrogen-bond donors (Lipinski definition) is 1. The van der Waals surface area contributed by atoms with E-state index in [1.165, 1.54) is 4.90 Å². The van der Waals surface area contributed by atoms with E-state index in [-0.39, 0.29) is 18.4 Å². The van der Waals surface area contributed by atoms with Crippen molar-refractivity contribution in [2.75, 3.05) is 24.2 Å². The molecule has 0 unspecified atom stereocenters. The fourth-order valence-corrected chi connectivity index (χ4v) is 2.19. The first-order chi connectivity index (χ1) is 8.73. The van der Waals surface area contributed by atoms with Gasteiger partial charge in [-0.2, -0.15) is 0 Å². The number of nitrogens with zero attached hydrogens (tertiary/aromatic N) is 2. The van der Waals surface area contributed by atoms with Crippen molar-refractivity contribution < 1.29 is 9.59 Å². The summed E-state index contributed by atoms with van der Waals surface area (Å²) >= 11 is 0. The minimum Gasteiger partial charge on any atom is -0.398 e. The van der Waals surface area contributed by atoms with E-state index in [4.69, 9.17) is 5.73 Å². The molecule has 1 aromatic rings.